The van der Waals surface area contributed by atoms with Gasteiger partial charge in [-0.25, -0.2) is 0 Å². The van der Waals surface area contributed by atoms with Gasteiger partial charge in [-0.2, -0.15) is 0 Å². The summed E-state index contributed by atoms with van der Waals surface area (Å²) in [7, 11) is 0. The van der Waals surface area contributed by atoms with E-state index >= 15 is 0 Å². The summed E-state index contributed by atoms with van der Waals surface area (Å²) in [6.07, 6.45) is 1.87. The van der Waals surface area contributed by atoms with Crippen molar-refractivity contribution in [2.24, 2.45) is 0 Å². The molecule has 0 bridgehead atoms. The lowest BCUT2D eigenvalue weighted by molar-refractivity contribution is 0.277. The van der Waals surface area contributed by atoms with Crippen LogP contribution in [0, 0.1) is 0 Å². The Balaban J connectivity index is 1.79. The third-order valence-corrected chi connectivity index (χ3v) is 4.38. The van der Waals surface area contributed by atoms with Gasteiger partial charge in [0.2, 0.25) is 0 Å². The lowest BCUT2D eigenvalue weighted by Crippen LogP contribution is -2.01. The Labute approximate surface area is 149 Å². The van der Waals surface area contributed by atoms with Crippen molar-refractivity contribution in [1.82, 2.24) is 0 Å². The van der Waals surface area contributed by atoms with Crippen molar-refractivity contribution >= 4 is 0 Å². The van der Waals surface area contributed by atoms with E-state index in [0.29, 0.717) is 6.61 Å². The second-order valence-electron chi connectivity index (χ2n) is 6.22. The average molecular weight is 332 g/mol. The molecule has 0 aliphatic rings. The molecule has 0 unspecified atom stereocenters. The van der Waals surface area contributed by atoms with Gasteiger partial charge in [-0.05, 0) is 40.3 Å². The summed E-state index contributed by atoms with van der Waals surface area (Å²) in [5.74, 6) is 0.843. The number of aryl methyl sites for hydroxylation is 1. The van der Waals surface area contributed by atoms with Crippen LogP contribution in [0.5, 0.6) is 5.75 Å². The van der Waals surface area contributed by atoms with E-state index < -0.39 is 0 Å². The minimum atomic E-state index is 0.0210. The van der Waals surface area contributed by atoms with E-state index in [2.05, 4.69) is 49.4 Å². The first-order valence-electron chi connectivity index (χ1n) is 8.75. The highest BCUT2D eigenvalue weighted by molar-refractivity contribution is 5.41. The van der Waals surface area contributed by atoms with Gasteiger partial charge in [0.15, 0.2) is 0 Å². The maximum absolute atomic E-state index is 9.43. The van der Waals surface area contributed by atoms with E-state index in [0.717, 1.165) is 35.3 Å². The molecule has 3 aromatic rings. The number of ether oxygens (including phenoxy) is 1. The zero-order valence-corrected chi connectivity index (χ0v) is 14.6. The van der Waals surface area contributed by atoms with Gasteiger partial charge in [0.05, 0.1) is 6.61 Å². The van der Waals surface area contributed by atoms with Gasteiger partial charge >= 0.3 is 0 Å². The summed E-state index contributed by atoms with van der Waals surface area (Å²) in [5.41, 5.74) is 5.75. The minimum Gasteiger partial charge on any atom is -0.489 e. The molecule has 128 valence electrons. The Bertz CT molecular complexity index is 792. The summed E-state index contributed by atoms with van der Waals surface area (Å²) >= 11 is 0. The molecule has 0 aliphatic heterocycles. The van der Waals surface area contributed by atoms with Crippen LogP contribution < -0.4 is 4.74 Å². The third-order valence-electron chi connectivity index (χ3n) is 4.38. The molecule has 0 heterocycles. The predicted molar refractivity (Wildman–Crippen MR) is 102 cm³/mol. The van der Waals surface area contributed by atoms with Gasteiger partial charge in [0, 0.05) is 6.42 Å². The SMILES string of the molecule is CCc1ccc(Cc2ccc(CO)cc2OCc2ccccc2)cc1. The Morgan fingerprint density at radius 2 is 1.44 bits per heavy atom. The molecule has 0 aliphatic carbocycles. The largest absolute Gasteiger partial charge is 0.489 e. The maximum atomic E-state index is 9.43. The van der Waals surface area contributed by atoms with Crippen molar-refractivity contribution in [3.63, 3.8) is 0 Å². The zero-order chi connectivity index (χ0) is 17.5. The molecule has 25 heavy (non-hydrogen) atoms. The van der Waals surface area contributed by atoms with E-state index in [1.165, 1.54) is 11.1 Å². The molecule has 0 aromatic heterocycles. The van der Waals surface area contributed by atoms with Crippen molar-refractivity contribution in [2.45, 2.75) is 33.0 Å². The Hall–Kier alpha value is -2.58. The van der Waals surface area contributed by atoms with Crippen LogP contribution in [0.15, 0.2) is 72.8 Å². The van der Waals surface area contributed by atoms with Crippen LogP contribution in [0.3, 0.4) is 0 Å². The van der Waals surface area contributed by atoms with Gasteiger partial charge in [0.25, 0.3) is 0 Å². The highest BCUT2D eigenvalue weighted by atomic mass is 16.5. The summed E-state index contributed by atoms with van der Waals surface area (Å²) in [6.45, 7) is 2.71. The number of hydrogen-bond donors (Lipinski definition) is 1. The summed E-state index contributed by atoms with van der Waals surface area (Å²) in [6, 6.07) is 24.8. The normalized spacial score (nSPS) is 10.6. The first-order chi connectivity index (χ1) is 12.3. The minimum absolute atomic E-state index is 0.0210. The van der Waals surface area contributed by atoms with E-state index in [-0.39, 0.29) is 6.61 Å². The standard InChI is InChI=1S/C23H24O2/c1-2-18-8-10-19(11-9-18)14-22-13-12-21(16-24)15-23(22)25-17-20-6-4-3-5-7-20/h3-13,15,24H,2,14,16-17H2,1H3. The molecule has 2 heteroatoms. The molecular weight excluding hydrogens is 308 g/mol. The lowest BCUT2D eigenvalue weighted by atomic mass is 10.0. The van der Waals surface area contributed by atoms with E-state index in [4.69, 9.17) is 4.74 Å². The van der Waals surface area contributed by atoms with Crippen molar-refractivity contribution in [3.8, 4) is 5.75 Å². The molecule has 0 saturated carbocycles. The molecule has 3 aromatic carbocycles. The number of benzene rings is 3. The summed E-state index contributed by atoms with van der Waals surface area (Å²) in [4.78, 5) is 0. The zero-order valence-electron chi connectivity index (χ0n) is 14.6. The van der Waals surface area contributed by atoms with Crippen LogP contribution >= 0.6 is 0 Å². The molecular formula is C23H24O2. The van der Waals surface area contributed by atoms with E-state index in [1.54, 1.807) is 0 Å². The third kappa shape index (κ3) is 4.71. The maximum Gasteiger partial charge on any atom is 0.123 e. The van der Waals surface area contributed by atoms with Gasteiger partial charge in [0.1, 0.15) is 12.4 Å². The van der Waals surface area contributed by atoms with Crippen molar-refractivity contribution in [2.75, 3.05) is 0 Å². The molecule has 2 nitrogen and oxygen atoms in total. The Morgan fingerprint density at radius 3 is 2.12 bits per heavy atom. The van der Waals surface area contributed by atoms with E-state index in [9.17, 15) is 5.11 Å². The Morgan fingerprint density at radius 1 is 0.760 bits per heavy atom. The highest BCUT2D eigenvalue weighted by Crippen LogP contribution is 2.25. The first kappa shape index (κ1) is 17.2. The molecule has 0 fully saturated rings. The molecule has 0 atom stereocenters. The lowest BCUT2D eigenvalue weighted by Gasteiger charge is -2.13. The van der Waals surface area contributed by atoms with Gasteiger partial charge in [-0.3, -0.25) is 0 Å². The monoisotopic (exact) mass is 332 g/mol. The quantitative estimate of drug-likeness (QED) is 0.666. The average Bonchev–Trinajstić information content (AvgIpc) is 2.68. The summed E-state index contributed by atoms with van der Waals surface area (Å²) in [5, 5.41) is 9.43. The topological polar surface area (TPSA) is 29.5 Å². The fourth-order valence-electron chi connectivity index (χ4n) is 2.83. The van der Waals surface area contributed by atoms with Crippen LogP contribution in [0.25, 0.3) is 0 Å². The smallest absolute Gasteiger partial charge is 0.123 e. The fourth-order valence-corrected chi connectivity index (χ4v) is 2.83. The highest BCUT2D eigenvalue weighted by Gasteiger charge is 2.07. The first-order valence-corrected chi connectivity index (χ1v) is 8.75. The molecule has 0 amide bonds. The summed E-state index contributed by atoms with van der Waals surface area (Å²) < 4.78 is 6.07. The predicted octanol–water partition coefficient (Wildman–Crippen LogP) is 4.91. The van der Waals surface area contributed by atoms with Crippen molar-refractivity contribution < 1.29 is 9.84 Å². The van der Waals surface area contributed by atoms with Gasteiger partial charge in [-0.1, -0.05) is 73.7 Å². The number of aliphatic hydroxyl groups excluding tert-OH is 1. The van der Waals surface area contributed by atoms with Crippen molar-refractivity contribution in [1.29, 1.82) is 0 Å². The van der Waals surface area contributed by atoms with Gasteiger partial charge in [-0.15, -0.1) is 0 Å². The second kappa shape index (κ2) is 8.50. The molecule has 0 radical (unpaired) electrons. The number of hydrogen-bond acceptors (Lipinski definition) is 2. The fraction of sp³-hybridized carbons (Fsp3) is 0.217. The van der Waals surface area contributed by atoms with Crippen LogP contribution in [0.1, 0.15) is 34.7 Å². The molecule has 3 rings (SSSR count). The number of rotatable bonds is 7. The molecule has 0 spiro atoms. The molecule has 1 N–H and O–H groups in total. The van der Waals surface area contributed by atoms with Crippen LogP contribution in [-0.4, -0.2) is 5.11 Å². The van der Waals surface area contributed by atoms with Gasteiger partial charge < -0.3 is 9.84 Å². The Kier molecular flexibility index (Phi) is 5.86. The number of aliphatic hydroxyl groups is 1. The van der Waals surface area contributed by atoms with E-state index in [1.807, 2.05) is 30.3 Å². The van der Waals surface area contributed by atoms with Crippen LogP contribution in [-0.2, 0) is 26.1 Å². The molecule has 0 saturated heterocycles. The van der Waals surface area contributed by atoms with Crippen LogP contribution in [0.2, 0.25) is 0 Å². The van der Waals surface area contributed by atoms with Crippen LogP contribution in [0.4, 0.5) is 0 Å². The second-order valence-corrected chi connectivity index (χ2v) is 6.22. The van der Waals surface area contributed by atoms with Crippen molar-refractivity contribution in [3.05, 3.63) is 101 Å².